The lowest BCUT2D eigenvalue weighted by Gasteiger charge is -1.91. The van der Waals surface area contributed by atoms with Gasteiger partial charge < -0.3 is 4.42 Å². The summed E-state index contributed by atoms with van der Waals surface area (Å²) in [5.74, 6) is 3.62. The first-order valence-corrected chi connectivity index (χ1v) is 5.66. The molecule has 0 unspecified atom stereocenters. The predicted molar refractivity (Wildman–Crippen MR) is 51.1 cm³/mol. The lowest BCUT2D eigenvalue weighted by Crippen LogP contribution is -1.85. The van der Waals surface area contributed by atoms with Gasteiger partial charge in [-0.25, -0.2) is 0 Å². The monoisotopic (exact) mass is 232 g/mol. The number of aryl methyl sites for hydroxylation is 2. The first-order chi connectivity index (χ1) is 5.36. The van der Waals surface area contributed by atoms with E-state index >= 15 is 0 Å². The van der Waals surface area contributed by atoms with Crippen molar-refractivity contribution in [3.05, 3.63) is 22.1 Å². The van der Waals surface area contributed by atoms with E-state index in [2.05, 4.69) is 22.0 Å². The number of furan rings is 1. The second-order valence-electron chi connectivity index (χ2n) is 2.61. The Labute approximate surface area is 78.7 Å². The fraction of sp³-hybridized carbons (Fsp3) is 0.500. The fourth-order valence-corrected chi connectivity index (χ4v) is 2.67. The highest BCUT2D eigenvalue weighted by atomic mass is 79.9. The standard InChI is InChI=1S/C8H9BrOS/c9-8-5-6-1-3-11-4-2-7(6)10-8/h5H,1-4H2. The zero-order valence-corrected chi connectivity index (χ0v) is 8.50. The molecular formula is C8H9BrOS. The van der Waals surface area contributed by atoms with Gasteiger partial charge in [-0.15, -0.1) is 0 Å². The maximum Gasteiger partial charge on any atom is 0.169 e. The van der Waals surface area contributed by atoms with Crippen LogP contribution in [0.3, 0.4) is 0 Å². The van der Waals surface area contributed by atoms with Crippen molar-refractivity contribution in [2.75, 3.05) is 11.5 Å². The smallest absolute Gasteiger partial charge is 0.169 e. The normalized spacial score (nSPS) is 17.5. The summed E-state index contributed by atoms with van der Waals surface area (Å²) in [6.45, 7) is 0. The zero-order chi connectivity index (χ0) is 7.68. The van der Waals surface area contributed by atoms with E-state index in [1.165, 1.54) is 22.8 Å². The Bertz CT molecular complexity index is 233. The molecule has 0 bridgehead atoms. The van der Waals surface area contributed by atoms with Crippen molar-refractivity contribution < 1.29 is 4.42 Å². The largest absolute Gasteiger partial charge is 0.454 e. The SMILES string of the molecule is Brc1cc2c(o1)CCSCC2. The van der Waals surface area contributed by atoms with Crippen molar-refractivity contribution >= 4 is 27.7 Å². The third kappa shape index (κ3) is 1.64. The van der Waals surface area contributed by atoms with Gasteiger partial charge in [0.25, 0.3) is 0 Å². The molecule has 0 saturated heterocycles. The molecule has 60 valence electrons. The highest BCUT2D eigenvalue weighted by molar-refractivity contribution is 9.10. The number of hydrogen-bond donors (Lipinski definition) is 0. The molecule has 1 aromatic rings. The minimum Gasteiger partial charge on any atom is -0.454 e. The second-order valence-corrected chi connectivity index (χ2v) is 4.62. The molecule has 0 atom stereocenters. The van der Waals surface area contributed by atoms with Crippen molar-refractivity contribution in [3.63, 3.8) is 0 Å². The van der Waals surface area contributed by atoms with Gasteiger partial charge >= 0.3 is 0 Å². The van der Waals surface area contributed by atoms with Crippen molar-refractivity contribution in [1.82, 2.24) is 0 Å². The van der Waals surface area contributed by atoms with Crippen LogP contribution in [0, 0.1) is 0 Å². The molecule has 1 nitrogen and oxygen atoms in total. The molecule has 0 aromatic carbocycles. The van der Waals surface area contributed by atoms with E-state index in [4.69, 9.17) is 4.42 Å². The Hall–Kier alpha value is 0.110. The van der Waals surface area contributed by atoms with Crippen LogP contribution in [0.4, 0.5) is 0 Å². The van der Waals surface area contributed by atoms with Crippen LogP contribution in [0.2, 0.25) is 0 Å². The topological polar surface area (TPSA) is 13.1 Å². The van der Waals surface area contributed by atoms with Crippen LogP contribution in [0.15, 0.2) is 15.2 Å². The minimum absolute atomic E-state index is 0.884. The number of hydrogen-bond acceptors (Lipinski definition) is 2. The average molecular weight is 233 g/mol. The third-order valence-electron chi connectivity index (χ3n) is 1.86. The van der Waals surface area contributed by atoms with Crippen LogP contribution >= 0.6 is 27.7 Å². The molecule has 1 aliphatic rings. The number of halogens is 1. The summed E-state index contributed by atoms with van der Waals surface area (Å²) in [6.07, 6.45) is 2.25. The van der Waals surface area contributed by atoms with E-state index in [1.54, 1.807) is 0 Å². The number of thioether (sulfide) groups is 1. The Morgan fingerprint density at radius 1 is 1.36 bits per heavy atom. The highest BCUT2D eigenvalue weighted by Gasteiger charge is 2.12. The lowest BCUT2D eigenvalue weighted by molar-refractivity contribution is 0.492. The van der Waals surface area contributed by atoms with Crippen LogP contribution in [-0.4, -0.2) is 11.5 Å². The van der Waals surface area contributed by atoms with E-state index in [-0.39, 0.29) is 0 Å². The van der Waals surface area contributed by atoms with Crippen LogP contribution < -0.4 is 0 Å². The van der Waals surface area contributed by atoms with Crippen LogP contribution in [0.5, 0.6) is 0 Å². The van der Waals surface area contributed by atoms with E-state index in [1.807, 2.05) is 11.8 Å². The quantitative estimate of drug-likeness (QED) is 0.683. The molecular weight excluding hydrogens is 224 g/mol. The summed E-state index contributed by atoms with van der Waals surface area (Å²) in [4.78, 5) is 0. The number of rotatable bonds is 0. The van der Waals surface area contributed by atoms with Crippen molar-refractivity contribution in [2.45, 2.75) is 12.8 Å². The van der Waals surface area contributed by atoms with Gasteiger partial charge in [0.1, 0.15) is 5.76 Å². The minimum atomic E-state index is 0.884. The van der Waals surface area contributed by atoms with Gasteiger partial charge in [0, 0.05) is 12.2 Å². The van der Waals surface area contributed by atoms with Gasteiger partial charge in [-0.05, 0) is 39.7 Å². The van der Waals surface area contributed by atoms with Crippen molar-refractivity contribution in [2.24, 2.45) is 0 Å². The van der Waals surface area contributed by atoms with E-state index < -0.39 is 0 Å². The molecule has 2 rings (SSSR count). The van der Waals surface area contributed by atoms with E-state index in [0.29, 0.717) is 0 Å². The third-order valence-corrected chi connectivity index (χ3v) is 3.23. The summed E-state index contributed by atoms with van der Waals surface area (Å²) in [5.41, 5.74) is 1.39. The van der Waals surface area contributed by atoms with E-state index in [9.17, 15) is 0 Å². The van der Waals surface area contributed by atoms with Gasteiger partial charge in [-0.2, -0.15) is 11.8 Å². The average Bonchev–Trinajstić information content (AvgIpc) is 2.17. The molecule has 0 spiro atoms. The molecule has 2 heterocycles. The van der Waals surface area contributed by atoms with Crippen molar-refractivity contribution in [1.29, 1.82) is 0 Å². The maximum atomic E-state index is 5.49. The Morgan fingerprint density at radius 2 is 2.18 bits per heavy atom. The first kappa shape index (κ1) is 7.74. The maximum absolute atomic E-state index is 5.49. The summed E-state index contributed by atoms with van der Waals surface area (Å²) >= 11 is 5.35. The molecule has 1 aliphatic heterocycles. The van der Waals surface area contributed by atoms with Gasteiger partial charge in [0.15, 0.2) is 4.67 Å². The number of fused-ring (bicyclic) bond motifs is 1. The molecule has 0 fully saturated rings. The second kappa shape index (κ2) is 3.23. The van der Waals surface area contributed by atoms with Gasteiger partial charge in [-0.1, -0.05) is 0 Å². The lowest BCUT2D eigenvalue weighted by atomic mass is 10.2. The van der Waals surface area contributed by atoms with Crippen molar-refractivity contribution in [3.8, 4) is 0 Å². The molecule has 11 heavy (non-hydrogen) atoms. The predicted octanol–water partition coefficient (Wildman–Crippen LogP) is 2.87. The zero-order valence-electron chi connectivity index (χ0n) is 6.10. The summed E-state index contributed by atoms with van der Waals surface area (Å²) < 4.78 is 6.37. The van der Waals surface area contributed by atoms with Crippen LogP contribution in [0.1, 0.15) is 11.3 Å². The van der Waals surface area contributed by atoms with Crippen LogP contribution in [0.25, 0.3) is 0 Å². The summed E-state index contributed by atoms with van der Waals surface area (Å²) in [5, 5.41) is 0. The summed E-state index contributed by atoms with van der Waals surface area (Å²) in [7, 11) is 0. The molecule has 0 radical (unpaired) electrons. The molecule has 3 heteroatoms. The fourth-order valence-electron chi connectivity index (χ4n) is 1.30. The van der Waals surface area contributed by atoms with E-state index in [0.717, 1.165) is 17.5 Å². The van der Waals surface area contributed by atoms with Gasteiger partial charge in [-0.3, -0.25) is 0 Å². The Morgan fingerprint density at radius 3 is 3.09 bits per heavy atom. The highest BCUT2D eigenvalue weighted by Crippen LogP contribution is 2.25. The summed E-state index contributed by atoms with van der Waals surface area (Å²) in [6, 6.07) is 2.10. The Kier molecular flexibility index (Phi) is 2.28. The molecule has 0 saturated carbocycles. The Balaban J connectivity index is 2.32. The first-order valence-electron chi connectivity index (χ1n) is 3.71. The van der Waals surface area contributed by atoms with Crippen LogP contribution in [-0.2, 0) is 12.8 Å². The molecule has 0 N–H and O–H groups in total. The van der Waals surface area contributed by atoms with Gasteiger partial charge in [0.05, 0.1) is 0 Å². The van der Waals surface area contributed by atoms with Gasteiger partial charge in [0.2, 0.25) is 0 Å². The molecule has 0 aliphatic carbocycles. The molecule has 1 aromatic heterocycles. The molecule has 0 amide bonds.